The summed E-state index contributed by atoms with van der Waals surface area (Å²) in [6.07, 6.45) is 7.72. The second-order valence-corrected chi connectivity index (χ2v) is 10.3. The normalized spacial score (nSPS) is 20.0. The van der Waals surface area contributed by atoms with Gasteiger partial charge in [0.2, 0.25) is 5.95 Å². The maximum absolute atomic E-state index is 13.3. The molecule has 36 heavy (non-hydrogen) atoms. The number of hydrogen-bond donors (Lipinski definition) is 1. The van der Waals surface area contributed by atoms with Crippen LogP contribution >= 0.6 is 0 Å². The summed E-state index contributed by atoms with van der Waals surface area (Å²) in [4.78, 5) is 34.6. The van der Waals surface area contributed by atoms with Crippen LogP contribution in [0.15, 0.2) is 36.5 Å². The Hall–Kier alpha value is -3.26. The SMILES string of the molecule is CCCN1Cc2c(NCc3cnc4ccccc4c3)nc(N3CCC[C@@H]3CN3CCCC3)nc2C1=O. The molecule has 2 aromatic heterocycles. The van der Waals surface area contributed by atoms with Crippen molar-refractivity contribution in [2.75, 3.05) is 42.9 Å². The molecule has 2 fully saturated rings. The fourth-order valence-corrected chi connectivity index (χ4v) is 5.89. The fraction of sp³-hybridized carbons (Fsp3) is 0.500. The number of nitrogens with zero attached hydrogens (tertiary/aromatic N) is 6. The van der Waals surface area contributed by atoms with Crippen LogP contribution in [0.1, 0.15) is 60.6 Å². The van der Waals surface area contributed by atoms with E-state index in [0.29, 0.717) is 30.8 Å². The van der Waals surface area contributed by atoms with Crippen LogP contribution < -0.4 is 10.2 Å². The summed E-state index contributed by atoms with van der Waals surface area (Å²) in [5, 5.41) is 4.68. The van der Waals surface area contributed by atoms with E-state index in [9.17, 15) is 4.79 Å². The van der Waals surface area contributed by atoms with Gasteiger partial charge in [-0.2, -0.15) is 4.98 Å². The van der Waals surface area contributed by atoms with Crippen molar-refractivity contribution < 1.29 is 4.79 Å². The van der Waals surface area contributed by atoms with Crippen molar-refractivity contribution in [1.29, 1.82) is 0 Å². The molecule has 188 valence electrons. The molecule has 0 spiro atoms. The van der Waals surface area contributed by atoms with Crippen LogP contribution in [0.2, 0.25) is 0 Å². The zero-order chi connectivity index (χ0) is 24.5. The van der Waals surface area contributed by atoms with Crippen molar-refractivity contribution in [2.45, 2.75) is 58.2 Å². The molecule has 3 aliphatic rings. The van der Waals surface area contributed by atoms with Gasteiger partial charge in [-0.25, -0.2) is 4.98 Å². The van der Waals surface area contributed by atoms with Gasteiger partial charge >= 0.3 is 0 Å². The maximum Gasteiger partial charge on any atom is 0.273 e. The highest BCUT2D eigenvalue weighted by Crippen LogP contribution is 2.32. The third-order valence-corrected chi connectivity index (χ3v) is 7.74. The van der Waals surface area contributed by atoms with Gasteiger partial charge in [0.25, 0.3) is 5.91 Å². The summed E-state index contributed by atoms with van der Waals surface area (Å²) in [7, 11) is 0. The highest BCUT2D eigenvalue weighted by Gasteiger charge is 2.35. The van der Waals surface area contributed by atoms with E-state index in [-0.39, 0.29) is 5.91 Å². The largest absolute Gasteiger partial charge is 0.365 e. The first-order valence-corrected chi connectivity index (χ1v) is 13.5. The van der Waals surface area contributed by atoms with Gasteiger partial charge in [-0.15, -0.1) is 0 Å². The maximum atomic E-state index is 13.3. The van der Waals surface area contributed by atoms with Crippen molar-refractivity contribution in [3.8, 4) is 0 Å². The Morgan fingerprint density at radius 1 is 1.08 bits per heavy atom. The molecule has 0 aliphatic carbocycles. The third kappa shape index (κ3) is 4.50. The Kier molecular flexibility index (Phi) is 6.44. The molecule has 0 bridgehead atoms. The van der Waals surface area contributed by atoms with E-state index in [1.54, 1.807) is 0 Å². The number of amides is 1. The molecular formula is C28H35N7O. The third-order valence-electron chi connectivity index (χ3n) is 7.74. The topological polar surface area (TPSA) is 77.5 Å². The second kappa shape index (κ2) is 10.0. The molecule has 0 saturated carbocycles. The smallest absolute Gasteiger partial charge is 0.273 e. The van der Waals surface area contributed by atoms with Crippen LogP contribution in [0.3, 0.4) is 0 Å². The number of benzene rings is 1. The lowest BCUT2D eigenvalue weighted by Gasteiger charge is -2.29. The van der Waals surface area contributed by atoms with Crippen LogP contribution in [-0.2, 0) is 13.1 Å². The van der Waals surface area contributed by atoms with Gasteiger partial charge in [0, 0.05) is 49.4 Å². The van der Waals surface area contributed by atoms with Crippen LogP contribution in [0, 0.1) is 0 Å². The van der Waals surface area contributed by atoms with Crippen molar-refractivity contribution in [1.82, 2.24) is 24.8 Å². The fourth-order valence-electron chi connectivity index (χ4n) is 5.89. The number of aromatic nitrogens is 3. The number of carbonyl (C=O) groups is 1. The molecule has 2 saturated heterocycles. The lowest BCUT2D eigenvalue weighted by Crippen LogP contribution is -2.40. The van der Waals surface area contributed by atoms with Gasteiger partial charge in [-0.05, 0) is 62.9 Å². The molecular weight excluding hydrogens is 450 g/mol. The summed E-state index contributed by atoms with van der Waals surface area (Å²) in [6.45, 7) is 8.38. The molecule has 6 rings (SSSR count). The van der Waals surface area contributed by atoms with E-state index < -0.39 is 0 Å². The molecule has 1 amide bonds. The van der Waals surface area contributed by atoms with Crippen LogP contribution in [0.25, 0.3) is 10.9 Å². The lowest BCUT2D eigenvalue weighted by molar-refractivity contribution is 0.0774. The predicted octanol–water partition coefficient (Wildman–Crippen LogP) is 4.07. The van der Waals surface area contributed by atoms with Crippen LogP contribution in [0.4, 0.5) is 11.8 Å². The summed E-state index contributed by atoms with van der Waals surface area (Å²) >= 11 is 0. The molecule has 5 heterocycles. The Morgan fingerprint density at radius 3 is 2.81 bits per heavy atom. The minimum Gasteiger partial charge on any atom is -0.365 e. The van der Waals surface area contributed by atoms with E-state index >= 15 is 0 Å². The number of para-hydroxylation sites is 1. The number of likely N-dealkylation sites (tertiary alicyclic amines) is 1. The molecule has 3 aromatic rings. The number of pyridine rings is 1. The van der Waals surface area contributed by atoms with Gasteiger partial charge in [-0.3, -0.25) is 9.78 Å². The zero-order valence-electron chi connectivity index (χ0n) is 21.1. The minimum atomic E-state index is 0.0289. The Morgan fingerprint density at radius 2 is 1.94 bits per heavy atom. The molecule has 1 aromatic carbocycles. The second-order valence-electron chi connectivity index (χ2n) is 10.3. The standard InChI is InChI=1S/C28H35N7O/c1-2-11-34-19-23-25(27(34)36)31-28(35-14-7-9-22(35)18-33-12-5-6-13-33)32-26(23)30-17-20-15-21-8-3-4-10-24(21)29-16-20/h3-4,8,10,15-16,22H,2,5-7,9,11-14,17-19H2,1H3,(H,30,31,32)/t22-/m1/s1. The molecule has 0 radical (unpaired) electrons. The molecule has 8 nitrogen and oxygen atoms in total. The average molecular weight is 486 g/mol. The molecule has 1 N–H and O–H groups in total. The average Bonchev–Trinajstić information content (AvgIpc) is 3.65. The molecule has 3 aliphatic heterocycles. The Bertz CT molecular complexity index is 1260. The first-order chi connectivity index (χ1) is 17.7. The Labute approximate surface area is 212 Å². The molecule has 8 heteroatoms. The highest BCUT2D eigenvalue weighted by atomic mass is 16.2. The van der Waals surface area contributed by atoms with E-state index in [4.69, 9.17) is 9.97 Å². The number of fused-ring (bicyclic) bond motifs is 2. The summed E-state index contributed by atoms with van der Waals surface area (Å²) in [6, 6.07) is 10.7. The zero-order valence-corrected chi connectivity index (χ0v) is 21.1. The van der Waals surface area contributed by atoms with Crippen molar-refractivity contribution >= 4 is 28.6 Å². The first-order valence-electron chi connectivity index (χ1n) is 13.5. The predicted molar refractivity (Wildman–Crippen MR) is 142 cm³/mol. The monoisotopic (exact) mass is 485 g/mol. The van der Waals surface area contributed by atoms with Gasteiger partial charge in [-0.1, -0.05) is 25.1 Å². The molecule has 1 atom stereocenters. The Balaban J connectivity index is 1.29. The van der Waals surface area contributed by atoms with E-state index in [0.717, 1.165) is 66.7 Å². The highest BCUT2D eigenvalue weighted by molar-refractivity contribution is 5.98. The van der Waals surface area contributed by atoms with Crippen LogP contribution in [-0.4, -0.2) is 69.4 Å². The first kappa shape index (κ1) is 23.2. The number of anilines is 2. The van der Waals surface area contributed by atoms with E-state index in [1.165, 1.54) is 25.9 Å². The number of rotatable bonds is 8. The van der Waals surface area contributed by atoms with E-state index in [1.807, 2.05) is 29.3 Å². The van der Waals surface area contributed by atoms with Gasteiger partial charge in [0.15, 0.2) is 0 Å². The number of hydrogen-bond acceptors (Lipinski definition) is 7. The molecule has 0 unspecified atom stereocenters. The lowest BCUT2D eigenvalue weighted by atomic mass is 10.1. The summed E-state index contributed by atoms with van der Waals surface area (Å²) < 4.78 is 0. The quantitative estimate of drug-likeness (QED) is 0.515. The number of nitrogens with one attached hydrogen (secondary N) is 1. The minimum absolute atomic E-state index is 0.0289. The van der Waals surface area contributed by atoms with E-state index in [2.05, 4.69) is 39.2 Å². The van der Waals surface area contributed by atoms with Gasteiger partial charge < -0.3 is 20.0 Å². The van der Waals surface area contributed by atoms with Crippen molar-refractivity contribution in [2.24, 2.45) is 0 Å². The summed E-state index contributed by atoms with van der Waals surface area (Å²) in [5.74, 6) is 1.50. The van der Waals surface area contributed by atoms with Gasteiger partial charge in [0.1, 0.15) is 11.5 Å². The summed E-state index contributed by atoms with van der Waals surface area (Å²) in [5.41, 5.74) is 3.57. The van der Waals surface area contributed by atoms with Crippen LogP contribution in [0.5, 0.6) is 0 Å². The number of carbonyl (C=O) groups excluding carboxylic acids is 1. The van der Waals surface area contributed by atoms with Gasteiger partial charge in [0.05, 0.1) is 12.1 Å². The van der Waals surface area contributed by atoms with Crippen molar-refractivity contribution in [3.05, 3.63) is 53.3 Å². The van der Waals surface area contributed by atoms with Crippen molar-refractivity contribution in [3.63, 3.8) is 0 Å².